The highest BCUT2D eigenvalue weighted by atomic mass is 79.9. The molecule has 1 aromatic carbocycles. The van der Waals surface area contributed by atoms with Gasteiger partial charge in [-0.05, 0) is 40.2 Å². The van der Waals surface area contributed by atoms with Crippen molar-refractivity contribution in [3.63, 3.8) is 0 Å². The fourth-order valence-corrected chi connectivity index (χ4v) is 1.87. The fourth-order valence-electron chi connectivity index (χ4n) is 1.48. The average molecular weight is 322 g/mol. The van der Waals surface area contributed by atoms with E-state index in [1.165, 1.54) is 0 Å². The number of anilines is 1. The van der Waals surface area contributed by atoms with E-state index in [1.807, 2.05) is 18.2 Å². The lowest BCUT2D eigenvalue weighted by atomic mass is 10.3. The number of carbonyl (C=O) groups is 2. The lowest BCUT2D eigenvalue weighted by Gasteiger charge is -2.07. The van der Waals surface area contributed by atoms with Crippen LogP contribution in [-0.2, 0) is 4.79 Å². The summed E-state index contributed by atoms with van der Waals surface area (Å²) in [4.78, 5) is 26.0. The van der Waals surface area contributed by atoms with Crippen molar-refractivity contribution < 1.29 is 9.59 Å². The summed E-state index contributed by atoms with van der Waals surface area (Å²) in [6, 6.07) is 10.6. The standard InChI is InChI=1S/C13H12BrN3O2/c14-9-4-1-2-5-10(9)17-12(18)8-16-13(19)11-6-3-7-15-11/h1-7,15H,8H2,(H,16,19)(H,17,18). The van der Waals surface area contributed by atoms with Gasteiger partial charge in [-0.2, -0.15) is 0 Å². The quantitative estimate of drug-likeness (QED) is 0.807. The molecule has 2 rings (SSSR count). The van der Waals surface area contributed by atoms with Gasteiger partial charge in [0.2, 0.25) is 5.91 Å². The lowest BCUT2D eigenvalue weighted by Crippen LogP contribution is -2.33. The minimum absolute atomic E-state index is 0.0841. The summed E-state index contributed by atoms with van der Waals surface area (Å²) in [5.74, 6) is -0.598. The summed E-state index contributed by atoms with van der Waals surface area (Å²) in [5.41, 5.74) is 1.09. The fraction of sp³-hybridized carbons (Fsp3) is 0.0769. The zero-order valence-electron chi connectivity index (χ0n) is 9.94. The number of benzene rings is 1. The minimum atomic E-state index is -0.313. The first-order valence-corrected chi connectivity index (χ1v) is 6.42. The number of aromatic amines is 1. The van der Waals surface area contributed by atoms with Crippen molar-refractivity contribution in [1.29, 1.82) is 0 Å². The molecule has 1 aromatic heterocycles. The maximum atomic E-state index is 11.7. The number of hydrogen-bond donors (Lipinski definition) is 3. The van der Waals surface area contributed by atoms with Crippen molar-refractivity contribution >= 4 is 33.4 Å². The molecule has 0 saturated carbocycles. The molecule has 3 N–H and O–H groups in total. The first-order valence-electron chi connectivity index (χ1n) is 5.63. The molecule has 0 aliphatic rings. The van der Waals surface area contributed by atoms with Crippen LogP contribution in [0.4, 0.5) is 5.69 Å². The largest absolute Gasteiger partial charge is 0.357 e. The van der Waals surface area contributed by atoms with Crippen molar-refractivity contribution in [1.82, 2.24) is 10.3 Å². The number of nitrogens with one attached hydrogen (secondary N) is 3. The molecule has 0 saturated heterocycles. The van der Waals surface area contributed by atoms with E-state index in [9.17, 15) is 9.59 Å². The molecule has 0 aliphatic carbocycles. The van der Waals surface area contributed by atoms with Crippen LogP contribution in [0.1, 0.15) is 10.5 Å². The van der Waals surface area contributed by atoms with E-state index in [0.29, 0.717) is 11.4 Å². The number of aromatic nitrogens is 1. The van der Waals surface area contributed by atoms with Gasteiger partial charge in [0, 0.05) is 10.7 Å². The molecule has 19 heavy (non-hydrogen) atoms. The normalized spacial score (nSPS) is 9.95. The van der Waals surface area contributed by atoms with E-state index in [2.05, 4.69) is 31.5 Å². The summed E-state index contributed by atoms with van der Waals surface area (Å²) in [6.45, 7) is -0.0841. The molecule has 0 spiro atoms. The Kier molecular flexibility index (Phi) is 4.35. The molecule has 6 heteroatoms. The number of rotatable bonds is 4. The number of para-hydroxylation sites is 1. The van der Waals surface area contributed by atoms with Gasteiger partial charge >= 0.3 is 0 Å². The first kappa shape index (κ1) is 13.4. The van der Waals surface area contributed by atoms with Crippen LogP contribution in [0, 0.1) is 0 Å². The van der Waals surface area contributed by atoms with Crippen LogP contribution in [0.2, 0.25) is 0 Å². The number of H-pyrrole nitrogens is 1. The molecule has 2 amide bonds. The summed E-state index contributed by atoms with van der Waals surface area (Å²) in [6.07, 6.45) is 1.65. The van der Waals surface area contributed by atoms with Crippen LogP contribution in [0.25, 0.3) is 0 Å². The Bertz CT molecular complexity index is 581. The molecule has 0 bridgehead atoms. The van der Waals surface area contributed by atoms with Crippen LogP contribution in [-0.4, -0.2) is 23.3 Å². The Labute approximate surface area is 118 Å². The van der Waals surface area contributed by atoms with E-state index in [0.717, 1.165) is 4.47 Å². The summed E-state index contributed by atoms with van der Waals surface area (Å²) in [7, 11) is 0. The van der Waals surface area contributed by atoms with Gasteiger partial charge in [-0.1, -0.05) is 12.1 Å². The van der Waals surface area contributed by atoms with Crippen molar-refractivity contribution in [2.24, 2.45) is 0 Å². The van der Waals surface area contributed by atoms with Crippen LogP contribution >= 0.6 is 15.9 Å². The Morgan fingerprint density at radius 3 is 2.63 bits per heavy atom. The Balaban J connectivity index is 1.86. The van der Waals surface area contributed by atoms with Crippen molar-refractivity contribution in [3.8, 4) is 0 Å². The minimum Gasteiger partial charge on any atom is -0.357 e. The highest BCUT2D eigenvalue weighted by molar-refractivity contribution is 9.10. The van der Waals surface area contributed by atoms with Gasteiger partial charge in [-0.3, -0.25) is 9.59 Å². The highest BCUT2D eigenvalue weighted by Gasteiger charge is 2.09. The van der Waals surface area contributed by atoms with Crippen LogP contribution in [0.15, 0.2) is 47.1 Å². The molecule has 2 aromatic rings. The molecular weight excluding hydrogens is 310 g/mol. The summed E-state index contributed by atoms with van der Waals surface area (Å²) in [5, 5.41) is 5.23. The van der Waals surface area contributed by atoms with Gasteiger partial charge in [0.15, 0.2) is 0 Å². The zero-order valence-corrected chi connectivity index (χ0v) is 11.5. The second kappa shape index (κ2) is 6.19. The summed E-state index contributed by atoms with van der Waals surface area (Å²) < 4.78 is 0.791. The van der Waals surface area contributed by atoms with Crippen molar-refractivity contribution in [2.45, 2.75) is 0 Å². The third-order valence-corrected chi connectivity index (χ3v) is 3.09. The van der Waals surface area contributed by atoms with Crippen molar-refractivity contribution in [2.75, 3.05) is 11.9 Å². The SMILES string of the molecule is O=C(CNC(=O)c1ccc[nH]1)Nc1ccccc1Br. The first-order chi connectivity index (χ1) is 9.16. The molecule has 5 nitrogen and oxygen atoms in total. The Hall–Kier alpha value is -2.08. The third kappa shape index (κ3) is 3.69. The van der Waals surface area contributed by atoms with E-state index < -0.39 is 0 Å². The molecule has 0 unspecified atom stereocenters. The van der Waals surface area contributed by atoms with Gasteiger partial charge in [0.05, 0.1) is 12.2 Å². The molecule has 1 heterocycles. The number of halogens is 1. The van der Waals surface area contributed by atoms with E-state index in [4.69, 9.17) is 0 Å². The molecular formula is C13H12BrN3O2. The molecule has 0 aliphatic heterocycles. The van der Waals surface area contributed by atoms with Gasteiger partial charge in [-0.15, -0.1) is 0 Å². The zero-order chi connectivity index (χ0) is 13.7. The second-order valence-corrected chi connectivity index (χ2v) is 4.65. The van der Waals surface area contributed by atoms with Crippen LogP contribution in [0.5, 0.6) is 0 Å². The van der Waals surface area contributed by atoms with Crippen LogP contribution < -0.4 is 10.6 Å². The Morgan fingerprint density at radius 2 is 1.95 bits per heavy atom. The summed E-state index contributed by atoms with van der Waals surface area (Å²) >= 11 is 3.33. The molecule has 0 fully saturated rings. The van der Waals surface area contributed by atoms with Gasteiger partial charge < -0.3 is 15.6 Å². The maximum Gasteiger partial charge on any atom is 0.268 e. The van der Waals surface area contributed by atoms with E-state index >= 15 is 0 Å². The smallest absolute Gasteiger partial charge is 0.268 e. The van der Waals surface area contributed by atoms with Gasteiger partial charge in [-0.25, -0.2) is 0 Å². The Morgan fingerprint density at radius 1 is 1.16 bits per heavy atom. The molecule has 98 valence electrons. The molecule has 0 radical (unpaired) electrons. The van der Waals surface area contributed by atoms with Gasteiger partial charge in [0.1, 0.15) is 5.69 Å². The van der Waals surface area contributed by atoms with Crippen molar-refractivity contribution in [3.05, 3.63) is 52.8 Å². The maximum absolute atomic E-state index is 11.7. The monoisotopic (exact) mass is 321 g/mol. The number of hydrogen-bond acceptors (Lipinski definition) is 2. The van der Waals surface area contributed by atoms with Gasteiger partial charge in [0.25, 0.3) is 5.91 Å². The predicted molar refractivity (Wildman–Crippen MR) is 75.9 cm³/mol. The number of carbonyl (C=O) groups excluding carboxylic acids is 2. The topological polar surface area (TPSA) is 74.0 Å². The predicted octanol–water partition coefficient (Wildman–Crippen LogP) is 2.15. The molecule has 0 atom stereocenters. The average Bonchev–Trinajstić information content (AvgIpc) is 2.93. The third-order valence-electron chi connectivity index (χ3n) is 2.40. The second-order valence-electron chi connectivity index (χ2n) is 3.79. The lowest BCUT2D eigenvalue weighted by molar-refractivity contribution is -0.115. The highest BCUT2D eigenvalue weighted by Crippen LogP contribution is 2.20. The van der Waals surface area contributed by atoms with E-state index in [-0.39, 0.29) is 18.4 Å². The number of amides is 2. The van der Waals surface area contributed by atoms with E-state index in [1.54, 1.807) is 24.4 Å². The van der Waals surface area contributed by atoms with Crippen LogP contribution in [0.3, 0.4) is 0 Å².